The number of carbonyl (C=O) groups excluding carboxylic acids is 1. The molecule has 0 saturated carbocycles. The van der Waals surface area contributed by atoms with Gasteiger partial charge < -0.3 is 10.6 Å². The molecule has 0 spiro atoms. The van der Waals surface area contributed by atoms with Crippen LogP contribution in [0.4, 0.5) is 0 Å². The average molecular weight is 311 g/mol. The van der Waals surface area contributed by atoms with E-state index < -0.39 is 0 Å². The van der Waals surface area contributed by atoms with Crippen molar-refractivity contribution < 1.29 is 4.79 Å². The first-order chi connectivity index (χ1) is 8.75. The summed E-state index contributed by atoms with van der Waals surface area (Å²) in [5.41, 5.74) is 1.24. The fourth-order valence-corrected chi connectivity index (χ4v) is 2.69. The number of hydrogen-bond acceptors (Lipinski definition) is 2. The van der Waals surface area contributed by atoms with Gasteiger partial charge in [-0.05, 0) is 43.5 Å². The Kier molecular flexibility index (Phi) is 5.20. The second-order valence-electron chi connectivity index (χ2n) is 4.71. The monoisotopic (exact) mass is 310 g/mol. The quantitative estimate of drug-likeness (QED) is 0.894. The third kappa shape index (κ3) is 4.10. The molecule has 2 rings (SSSR count). The van der Waals surface area contributed by atoms with Gasteiger partial charge in [0.05, 0.1) is 5.92 Å². The van der Waals surface area contributed by atoms with Crippen molar-refractivity contribution in [2.45, 2.75) is 19.3 Å². The van der Waals surface area contributed by atoms with Gasteiger partial charge in [0, 0.05) is 17.6 Å². The van der Waals surface area contributed by atoms with E-state index >= 15 is 0 Å². The van der Waals surface area contributed by atoms with Crippen molar-refractivity contribution >= 4 is 21.8 Å². The molecular formula is C14H19BrN2O. The van der Waals surface area contributed by atoms with Crippen LogP contribution >= 0.6 is 15.9 Å². The predicted octanol–water partition coefficient (Wildman–Crippen LogP) is 2.11. The first kappa shape index (κ1) is 13.6. The van der Waals surface area contributed by atoms with Gasteiger partial charge in [-0.15, -0.1) is 0 Å². The fraction of sp³-hybridized carbons (Fsp3) is 0.500. The summed E-state index contributed by atoms with van der Waals surface area (Å²) < 4.78 is 1.09. The first-order valence-electron chi connectivity index (χ1n) is 6.48. The lowest BCUT2D eigenvalue weighted by Gasteiger charge is -2.21. The van der Waals surface area contributed by atoms with Crippen molar-refractivity contribution in [1.82, 2.24) is 10.6 Å². The molecule has 1 aliphatic heterocycles. The van der Waals surface area contributed by atoms with Crippen LogP contribution < -0.4 is 10.6 Å². The van der Waals surface area contributed by atoms with Crippen LogP contribution in [0.25, 0.3) is 0 Å². The number of rotatable bonds is 4. The van der Waals surface area contributed by atoms with Crippen LogP contribution in [0.1, 0.15) is 18.4 Å². The van der Waals surface area contributed by atoms with Gasteiger partial charge in [-0.25, -0.2) is 0 Å². The molecule has 1 saturated heterocycles. The Bertz CT molecular complexity index is 403. The second-order valence-corrected chi connectivity index (χ2v) is 5.63. The molecule has 0 aromatic heterocycles. The number of carbonyl (C=O) groups is 1. The van der Waals surface area contributed by atoms with E-state index in [0.29, 0.717) is 6.54 Å². The minimum absolute atomic E-state index is 0.154. The molecule has 18 heavy (non-hydrogen) atoms. The highest BCUT2D eigenvalue weighted by atomic mass is 79.9. The number of benzene rings is 1. The highest BCUT2D eigenvalue weighted by molar-refractivity contribution is 9.10. The van der Waals surface area contributed by atoms with E-state index in [1.807, 2.05) is 12.1 Å². The molecule has 1 atom stereocenters. The van der Waals surface area contributed by atoms with Crippen LogP contribution in [0.3, 0.4) is 0 Å². The van der Waals surface area contributed by atoms with Gasteiger partial charge in [0.15, 0.2) is 0 Å². The summed E-state index contributed by atoms with van der Waals surface area (Å²) in [4.78, 5) is 11.9. The summed E-state index contributed by atoms with van der Waals surface area (Å²) in [5.74, 6) is 0.346. The van der Waals surface area contributed by atoms with Gasteiger partial charge in [0.25, 0.3) is 0 Å². The fourth-order valence-electron chi connectivity index (χ4n) is 2.24. The molecule has 1 aromatic rings. The van der Waals surface area contributed by atoms with E-state index in [4.69, 9.17) is 0 Å². The molecule has 1 fully saturated rings. The van der Waals surface area contributed by atoms with Crippen LogP contribution in [0, 0.1) is 5.92 Å². The Morgan fingerprint density at radius 2 is 2.39 bits per heavy atom. The van der Waals surface area contributed by atoms with E-state index in [-0.39, 0.29) is 11.8 Å². The zero-order valence-electron chi connectivity index (χ0n) is 10.4. The number of amides is 1. The summed E-state index contributed by atoms with van der Waals surface area (Å²) in [6, 6.07) is 8.20. The summed E-state index contributed by atoms with van der Waals surface area (Å²) in [5, 5.41) is 6.29. The van der Waals surface area contributed by atoms with Crippen molar-refractivity contribution in [3.05, 3.63) is 34.3 Å². The molecule has 1 amide bonds. The van der Waals surface area contributed by atoms with Crippen LogP contribution in [0.2, 0.25) is 0 Å². The van der Waals surface area contributed by atoms with Gasteiger partial charge in [0.2, 0.25) is 5.91 Å². The Hall–Kier alpha value is -0.870. The summed E-state index contributed by atoms with van der Waals surface area (Å²) >= 11 is 3.45. The lowest BCUT2D eigenvalue weighted by atomic mass is 9.99. The Morgan fingerprint density at radius 1 is 1.50 bits per heavy atom. The second kappa shape index (κ2) is 6.90. The van der Waals surface area contributed by atoms with E-state index in [1.54, 1.807) is 0 Å². The van der Waals surface area contributed by atoms with E-state index in [9.17, 15) is 4.79 Å². The molecule has 1 aromatic carbocycles. The van der Waals surface area contributed by atoms with Crippen molar-refractivity contribution in [3.8, 4) is 0 Å². The van der Waals surface area contributed by atoms with Gasteiger partial charge in [-0.3, -0.25) is 4.79 Å². The molecule has 4 heteroatoms. The first-order valence-corrected chi connectivity index (χ1v) is 7.28. The molecular weight excluding hydrogens is 292 g/mol. The normalized spacial score (nSPS) is 19.5. The molecule has 1 unspecified atom stereocenters. The van der Waals surface area contributed by atoms with Gasteiger partial charge >= 0.3 is 0 Å². The largest absolute Gasteiger partial charge is 0.355 e. The van der Waals surface area contributed by atoms with E-state index in [0.717, 1.165) is 36.8 Å². The SMILES string of the molecule is O=C(NCCc1cccc(Br)c1)C1CCCNC1. The number of piperidine rings is 1. The highest BCUT2D eigenvalue weighted by Crippen LogP contribution is 2.12. The smallest absolute Gasteiger partial charge is 0.224 e. The molecule has 2 N–H and O–H groups in total. The molecule has 1 heterocycles. The van der Waals surface area contributed by atoms with Crippen molar-refractivity contribution in [3.63, 3.8) is 0 Å². The lowest BCUT2D eigenvalue weighted by Crippen LogP contribution is -2.41. The maximum Gasteiger partial charge on any atom is 0.224 e. The Labute approximate surface area is 116 Å². The average Bonchev–Trinajstić information content (AvgIpc) is 2.40. The molecule has 1 aliphatic rings. The summed E-state index contributed by atoms with van der Waals surface area (Å²) in [7, 11) is 0. The van der Waals surface area contributed by atoms with Crippen LogP contribution in [-0.2, 0) is 11.2 Å². The standard InChI is InChI=1S/C14H19BrN2O/c15-13-5-1-3-11(9-13)6-8-17-14(18)12-4-2-7-16-10-12/h1,3,5,9,12,16H,2,4,6-8,10H2,(H,17,18). The predicted molar refractivity (Wildman–Crippen MR) is 76.4 cm³/mol. The zero-order chi connectivity index (χ0) is 12.8. The number of hydrogen-bond donors (Lipinski definition) is 2. The minimum Gasteiger partial charge on any atom is -0.355 e. The van der Waals surface area contributed by atoms with Crippen molar-refractivity contribution in [1.29, 1.82) is 0 Å². The van der Waals surface area contributed by atoms with E-state index in [2.05, 4.69) is 38.7 Å². The number of halogens is 1. The van der Waals surface area contributed by atoms with Crippen molar-refractivity contribution in [2.24, 2.45) is 5.92 Å². The number of nitrogens with one attached hydrogen (secondary N) is 2. The maximum atomic E-state index is 11.9. The molecule has 0 bridgehead atoms. The Morgan fingerprint density at radius 3 is 3.11 bits per heavy atom. The zero-order valence-corrected chi connectivity index (χ0v) is 12.0. The Balaban J connectivity index is 1.73. The van der Waals surface area contributed by atoms with Gasteiger partial charge in [-0.1, -0.05) is 28.1 Å². The summed E-state index contributed by atoms with van der Waals surface area (Å²) in [6.45, 7) is 2.58. The van der Waals surface area contributed by atoms with Crippen molar-refractivity contribution in [2.75, 3.05) is 19.6 Å². The van der Waals surface area contributed by atoms with E-state index in [1.165, 1.54) is 5.56 Å². The maximum absolute atomic E-state index is 11.9. The third-order valence-corrected chi connectivity index (χ3v) is 3.76. The minimum atomic E-state index is 0.154. The molecule has 98 valence electrons. The van der Waals surface area contributed by atoms with Gasteiger partial charge in [-0.2, -0.15) is 0 Å². The van der Waals surface area contributed by atoms with Crippen LogP contribution in [0.15, 0.2) is 28.7 Å². The molecule has 0 aliphatic carbocycles. The third-order valence-electron chi connectivity index (χ3n) is 3.27. The summed E-state index contributed by atoms with van der Waals surface area (Å²) in [6.07, 6.45) is 2.99. The van der Waals surface area contributed by atoms with Gasteiger partial charge in [0.1, 0.15) is 0 Å². The van der Waals surface area contributed by atoms with Crippen LogP contribution in [-0.4, -0.2) is 25.5 Å². The van der Waals surface area contributed by atoms with Crippen LogP contribution in [0.5, 0.6) is 0 Å². The molecule has 3 nitrogen and oxygen atoms in total. The topological polar surface area (TPSA) is 41.1 Å². The lowest BCUT2D eigenvalue weighted by molar-refractivity contribution is -0.125. The molecule has 0 radical (unpaired) electrons. The highest BCUT2D eigenvalue weighted by Gasteiger charge is 2.19.